The van der Waals surface area contributed by atoms with E-state index in [2.05, 4.69) is 4.72 Å². The molecule has 21 heavy (non-hydrogen) atoms. The highest BCUT2D eigenvalue weighted by molar-refractivity contribution is 7.89. The van der Waals surface area contributed by atoms with Crippen LogP contribution in [0.2, 0.25) is 0 Å². The van der Waals surface area contributed by atoms with Crippen LogP contribution in [0.1, 0.15) is 17.1 Å². The maximum atomic E-state index is 12.3. The van der Waals surface area contributed by atoms with Gasteiger partial charge in [-0.05, 0) is 36.8 Å². The third-order valence-corrected chi connectivity index (χ3v) is 4.36. The fraction of sp³-hybridized carbons (Fsp3) is 0.286. The number of methoxy groups -OCH3 is 1. The molecule has 6 nitrogen and oxygen atoms in total. The minimum absolute atomic E-state index is 0.0140. The smallest absolute Gasteiger partial charge is 0.244 e. The summed E-state index contributed by atoms with van der Waals surface area (Å²) in [5.41, 5.74) is 0.491. The van der Waals surface area contributed by atoms with Crippen molar-refractivity contribution in [2.45, 2.75) is 25.0 Å². The van der Waals surface area contributed by atoms with Crippen molar-refractivity contribution in [1.82, 2.24) is 4.72 Å². The quantitative estimate of drug-likeness (QED) is 0.845. The van der Waals surface area contributed by atoms with Gasteiger partial charge in [-0.3, -0.25) is 0 Å². The van der Waals surface area contributed by atoms with Crippen LogP contribution in [-0.2, 0) is 23.2 Å². The zero-order valence-corrected chi connectivity index (χ0v) is 12.6. The lowest BCUT2D eigenvalue weighted by atomic mass is 10.2. The Morgan fingerprint density at radius 1 is 1.29 bits per heavy atom. The summed E-state index contributed by atoms with van der Waals surface area (Å²) in [6.45, 7) is 1.58. The Kier molecular flexibility index (Phi) is 4.66. The summed E-state index contributed by atoms with van der Waals surface area (Å²) >= 11 is 0. The van der Waals surface area contributed by atoms with Crippen molar-refractivity contribution in [1.29, 1.82) is 0 Å². The number of hydrogen-bond donors (Lipinski definition) is 2. The van der Waals surface area contributed by atoms with Gasteiger partial charge in [-0.1, -0.05) is 6.07 Å². The molecule has 0 spiro atoms. The molecule has 0 amide bonds. The molecule has 1 aromatic carbocycles. The standard InChI is InChI=1S/C14H17NO5S/c1-10-3-5-12(20-10)8-15-21(17,18)14-7-11(9-16)4-6-13(14)19-2/h3-7,15-16H,8-9H2,1-2H3. The molecule has 1 heterocycles. The lowest BCUT2D eigenvalue weighted by Gasteiger charge is -2.11. The van der Waals surface area contributed by atoms with Crippen LogP contribution in [0.4, 0.5) is 0 Å². The van der Waals surface area contributed by atoms with Gasteiger partial charge in [0.25, 0.3) is 0 Å². The number of aryl methyl sites for hydroxylation is 1. The second-order valence-corrected chi connectivity index (χ2v) is 6.22. The molecule has 0 aliphatic carbocycles. The van der Waals surface area contributed by atoms with Crippen LogP contribution in [-0.4, -0.2) is 20.6 Å². The van der Waals surface area contributed by atoms with Crippen LogP contribution >= 0.6 is 0 Å². The summed E-state index contributed by atoms with van der Waals surface area (Å²) in [6.07, 6.45) is 0. The van der Waals surface area contributed by atoms with Crippen LogP contribution in [0.5, 0.6) is 5.75 Å². The average molecular weight is 311 g/mol. The topological polar surface area (TPSA) is 88.8 Å². The van der Waals surface area contributed by atoms with Gasteiger partial charge in [0.05, 0.1) is 20.3 Å². The highest BCUT2D eigenvalue weighted by atomic mass is 32.2. The molecule has 114 valence electrons. The van der Waals surface area contributed by atoms with Gasteiger partial charge in [-0.15, -0.1) is 0 Å². The molecule has 2 rings (SSSR count). The average Bonchev–Trinajstić information content (AvgIpc) is 2.90. The molecule has 0 bridgehead atoms. The summed E-state index contributed by atoms with van der Waals surface area (Å²) in [4.78, 5) is -0.0140. The molecule has 7 heteroatoms. The van der Waals surface area contributed by atoms with E-state index < -0.39 is 10.0 Å². The van der Waals surface area contributed by atoms with E-state index in [1.54, 1.807) is 25.1 Å². The van der Waals surface area contributed by atoms with Crippen molar-refractivity contribution in [3.05, 3.63) is 47.4 Å². The Balaban J connectivity index is 2.26. The number of benzene rings is 1. The number of aliphatic hydroxyl groups is 1. The van der Waals surface area contributed by atoms with E-state index in [4.69, 9.17) is 14.3 Å². The second kappa shape index (κ2) is 6.30. The van der Waals surface area contributed by atoms with Crippen molar-refractivity contribution in [3.8, 4) is 5.75 Å². The van der Waals surface area contributed by atoms with E-state index >= 15 is 0 Å². The molecule has 0 radical (unpaired) electrons. The fourth-order valence-corrected chi connectivity index (χ4v) is 3.06. The van der Waals surface area contributed by atoms with Crippen molar-refractivity contribution < 1.29 is 22.7 Å². The van der Waals surface area contributed by atoms with Crippen molar-refractivity contribution in [2.24, 2.45) is 0 Å². The zero-order chi connectivity index (χ0) is 15.5. The van der Waals surface area contributed by atoms with Gasteiger partial charge in [0.1, 0.15) is 22.2 Å². The summed E-state index contributed by atoms with van der Waals surface area (Å²) < 4.78 is 37.5. The summed E-state index contributed by atoms with van der Waals surface area (Å²) in [6, 6.07) is 7.97. The second-order valence-electron chi connectivity index (χ2n) is 4.48. The first-order valence-electron chi connectivity index (χ1n) is 6.29. The number of ether oxygens (including phenoxy) is 1. The first-order valence-corrected chi connectivity index (χ1v) is 7.77. The number of rotatable bonds is 6. The Bertz CT molecular complexity index is 721. The molecule has 0 fully saturated rings. The molecule has 0 atom stereocenters. The van der Waals surface area contributed by atoms with Crippen LogP contribution in [0, 0.1) is 6.92 Å². The van der Waals surface area contributed by atoms with E-state index in [0.29, 0.717) is 17.1 Å². The highest BCUT2D eigenvalue weighted by Crippen LogP contribution is 2.25. The van der Waals surface area contributed by atoms with Crippen LogP contribution in [0.25, 0.3) is 0 Å². The lowest BCUT2D eigenvalue weighted by Crippen LogP contribution is -2.23. The SMILES string of the molecule is COc1ccc(CO)cc1S(=O)(=O)NCc1ccc(C)o1. The molecule has 0 aliphatic heterocycles. The van der Waals surface area contributed by atoms with E-state index in [9.17, 15) is 8.42 Å². The monoisotopic (exact) mass is 311 g/mol. The summed E-state index contributed by atoms with van der Waals surface area (Å²) in [5.74, 6) is 1.45. The number of nitrogens with one attached hydrogen (secondary N) is 1. The fourth-order valence-electron chi connectivity index (χ4n) is 1.85. The van der Waals surface area contributed by atoms with Crippen molar-refractivity contribution in [2.75, 3.05) is 7.11 Å². The van der Waals surface area contributed by atoms with Gasteiger partial charge >= 0.3 is 0 Å². The number of aliphatic hydroxyl groups excluding tert-OH is 1. The minimum Gasteiger partial charge on any atom is -0.495 e. The van der Waals surface area contributed by atoms with E-state index in [-0.39, 0.29) is 23.8 Å². The van der Waals surface area contributed by atoms with Crippen molar-refractivity contribution in [3.63, 3.8) is 0 Å². The molecule has 2 aromatic rings. The molecule has 2 N–H and O–H groups in total. The number of furan rings is 1. The molecule has 0 saturated carbocycles. The summed E-state index contributed by atoms with van der Waals surface area (Å²) in [5, 5.41) is 9.13. The van der Waals surface area contributed by atoms with Crippen LogP contribution in [0.3, 0.4) is 0 Å². The van der Waals surface area contributed by atoms with Gasteiger partial charge in [0.15, 0.2) is 0 Å². The number of hydrogen-bond acceptors (Lipinski definition) is 5. The normalized spacial score (nSPS) is 11.6. The predicted octanol–water partition coefficient (Wildman–Crippen LogP) is 1.57. The predicted molar refractivity (Wildman–Crippen MR) is 76.4 cm³/mol. The molecule has 1 aromatic heterocycles. The van der Waals surface area contributed by atoms with E-state index in [1.165, 1.54) is 19.2 Å². The molecular formula is C14H17NO5S. The maximum Gasteiger partial charge on any atom is 0.244 e. The first kappa shape index (κ1) is 15.6. The molecule has 0 aliphatic rings. The third kappa shape index (κ3) is 3.63. The highest BCUT2D eigenvalue weighted by Gasteiger charge is 2.20. The Hall–Kier alpha value is -1.83. The maximum absolute atomic E-state index is 12.3. The Morgan fingerprint density at radius 3 is 2.62 bits per heavy atom. The Labute approximate surface area is 123 Å². The van der Waals surface area contributed by atoms with Gasteiger partial charge in [-0.25, -0.2) is 13.1 Å². The first-order chi connectivity index (χ1) is 9.96. The van der Waals surface area contributed by atoms with Gasteiger partial charge in [0.2, 0.25) is 10.0 Å². The van der Waals surface area contributed by atoms with E-state index in [1.807, 2.05) is 0 Å². The van der Waals surface area contributed by atoms with Gasteiger partial charge in [0, 0.05) is 0 Å². The minimum atomic E-state index is -3.77. The third-order valence-electron chi connectivity index (χ3n) is 2.93. The molecule has 0 unspecified atom stereocenters. The van der Waals surface area contributed by atoms with Crippen LogP contribution in [0.15, 0.2) is 39.6 Å². The van der Waals surface area contributed by atoms with E-state index in [0.717, 1.165) is 0 Å². The number of sulfonamides is 1. The molecule has 0 saturated heterocycles. The lowest BCUT2D eigenvalue weighted by molar-refractivity contribution is 0.281. The molecular weight excluding hydrogens is 294 g/mol. The summed E-state index contributed by atoms with van der Waals surface area (Å²) in [7, 11) is -2.38. The van der Waals surface area contributed by atoms with Gasteiger partial charge < -0.3 is 14.3 Å². The zero-order valence-electron chi connectivity index (χ0n) is 11.8. The van der Waals surface area contributed by atoms with Gasteiger partial charge in [-0.2, -0.15) is 0 Å². The largest absolute Gasteiger partial charge is 0.495 e. The van der Waals surface area contributed by atoms with Crippen molar-refractivity contribution >= 4 is 10.0 Å². The Morgan fingerprint density at radius 2 is 2.05 bits per heavy atom. The van der Waals surface area contributed by atoms with Crippen LogP contribution < -0.4 is 9.46 Å².